The van der Waals surface area contributed by atoms with Crippen LogP contribution >= 0.6 is 12.6 Å². The largest absolute Gasteiger partial charge is 0.256 e. The lowest BCUT2D eigenvalue weighted by molar-refractivity contribution is 1.30. The maximum absolute atomic E-state index is 4.39. The minimum atomic E-state index is 0.803. The Morgan fingerprint density at radius 2 is 2.19 bits per heavy atom. The van der Waals surface area contributed by atoms with Crippen LogP contribution in [0.1, 0.15) is 17.5 Å². The maximum Gasteiger partial charge on any atom is 0.0743 e. The number of fused-ring (bicyclic) bond motifs is 1. The topological polar surface area (TPSA) is 12.9 Å². The summed E-state index contributed by atoms with van der Waals surface area (Å²) in [6, 6.07) is 8.15. The number of hydrogen-bond donors (Lipinski definition) is 1. The van der Waals surface area contributed by atoms with Crippen LogP contribution in [0.4, 0.5) is 0 Å². The lowest BCUT2D eigenvalue weighted by Gasteiger charge is -2.02. The van der Waals surface area contributed by atoms with Crippen LogP contribution in [0.5, 0.6) is 0 Å². The second-order valence-corrected chi connectivity index (χ2v) is 4.04. The minimum Gasteiger partial charge on any atom is -0.256 e. The van der Waals surface area contributed by atoms with E-state index in [1.165, 1.54) is 5.39 Å². The Kier molecular flexibility index (Phi) is 3.48. The summed E-state index contributed by atoms with van der Waals surface area (Å²) in [5.74, 6) is 7.07. The highest BCUT2D eigenvalue weighted by Gasteiger charge is 2.01. The van der Waals surface area contributed by atoms with Gasteiger partial charge in [-0.1, -0.05) is 24.0 Å². The average molecular weight is 227 g/mol. The van der Waals surface area contributed by atoms with Crippen LogP contribution in [0.15, 0.2) is 30.5 Å². The molecule has 0 saturated carbocycles. The predicted octanol–water partition coefficient (Wildman–Crippen LogP) is 3.21. The monoisotopic (exact) mass is 227 g/mol. The molecule has 0 aliphatic heterocycles. The minimum absolute atomic E-state index is 0.803. The Balaban J connectivity index is 2.49. The van der Waals surface area contributed by atoms with Gasteiger partial charge in [-0.25, -0.2) is 0 Å². The lowest BCUT2D eigenvalue weighted by atomic mass is 10.0. The summed E-state index contributed by atoms with van der Waals surface area (Å²) in [6.07, 6.45) is 2.64. The standard InChI is InChI=1S/C14H13NS/c1-11-12(5-2-3-10-16)7-8-13-6-4-9-15-14(11)13/h4,6-9,16H,3,10H2,1H3. The number of aryl methyl sites for hydroxylation is 1. The first kappa shape index (κ1) is 11.0. The van der Waals surface area contributed by atoms with Crippen molar-refractivity contribution in [3.8, 4) is 11.8 Å². The van der Waals surface area contributed by atoms with Crippen LogP contribution < -0.4 is 0 Å². The number of hydrogen-bond acceptors (Lipinski definition) is 2. The molecule has 80 valence electrons. The molecule has 0 aliphatic carbocycles. The highest BCUT2D eigenvalue weighted by molar-refractivity contribution is 7.80. The second kappa shape index (κ2) is 5.05. The normalized spacial score (nSPS) is 9.88. The fourth-order valence-electron chi connectivity index (χ4n) is 1.64. The SMILES string of the molecule is Cc1c(C#CCCS)ccc2cccnc12. The number of rotatable bonds is 1. The van der Waals surface area contributed by atoms with Crippen LogP contribution in [-0.2, 0) is 0 Å². The van der Waals surface area contributed by atoms with E-state index in [2.05, 4.69) is 54.6 Å². The first-order chi connectivity index (χ1) is 7.83. The summed E-state index contributed by atoms with van der Waals surface area (Å²) in [4.78, 5) is 4.39. The van der Waals surface area contributed by atoms with E-state index in [1.54, 1.807) is 0 Å². The summed E-state index contributed by atoms with van der Waals surface area (Å²) in [6.45, 7) is 2.07. The van der Waals surface area contributed by atoms with Crippen molar-refractivity contribution in [2.24, 2.45) is 0 Å². The molecule has 2 rings (SSSR count). The zero-order valence-electron chi connectivity index (χ0n) is 9.20. The molecule has 1 heterocycles. The fraction of sp³-hybridized carbons (Fsp3) is 0.214. The van der Waals surface area contributed by atoms with Gasteiger partial charge in [-0.2, -0.15) is 12.6 Å². The molecule has 0 unspecified atom stereocenters. The number of pyridine rings is 1. The molecule has 0 radical (unpaired) electrons. The zero-order valence-corrected chi connectivity index (χ0v) is 10.1. The number of benzene rings is 1. The Hall–Kier alpha value is -1.46. The van der Waals surface area contributed by atoms with Crippen molar-refractivity contribution >= 4 is 23.5 Å². The molecule has 0 spiro atoms. The average Bonchev–Trinajstić information content (AvgIpc) is 2.33. The quantitative estimate of drug-likeness (QED) is 0.583. The van der Waals surface area contributed by atoms with Crippen molar-refractivity contribution in [2.45, 2.75) is 13.3 Å². The van der Waals surface area contributed by atoms with Gasteiger partial charge < -0.3 is 0 Å². The highest BCUT2D eigenvalue weighted by atomic mass is 32.1. The molecule has 2 aromatic rings. The molecule has 0 saturated heterocycles. The Labute approximate surface area is 101 Å². The predicted molar refractivity (Wildman–Crippen MR) is 71.8 cm³/mol. The van der Waals surface area contributed by atoms with Crippen LogP contribution in [0.25, 0.3) is 10.9 Å². The Morgan fingerprint density at radius 3 is 3.00 bits per heavy atom. The van der Waals surface area contributed by atoms with Crippen LogP contribution in [0.2, 0.25) is 0 Å². The van der Waals surface area contributed by atoms with E-state index in [4.69, 9.17) is 0 Å². The van der Waals surface area contributed by atoms with Crippen molar-refractivity contribution < 1.29 is 0 Å². The molecule has 16 heavy (non-hydrogen) atoms. The van der Waals surface area contributed by atoms with Gasteiger partial charge in [0.15, 0.2) is 0 Å². The summed E-state index contributed by atoms with van der Waals surface area (Å²) in [5, 5.41) is 1.17. The molecule has 1 aromatic carbocycles. The van der Waals surface area contributed by atoms with Gasteiger partial charge in [0.2, 0.25) is 0 Å². The molecule has 0 N–H and O–H groups in total. The summed E-state index contributed by atoms with van der Waals surface area (Å²) >= 11 is 4.14. The zero-order chi connectivity index (χ0) is 11.4. The van der Waals surface area contributed by atoms with E-state index in [0.717, 1.165) is 28.8 Å². The van der Waals surface area contributed by atoms with Crippen LogP contribution in [-0.4, -0.2) is 10.7 Å². The van der Waals surface area contributed by atoms with Gasteiger partial charge in [-0.15, -0.1) is 0 Å². The molecular weight excluding hydrogens is 214 g/mol. The van der Waals surface area contributed by atoms with E-state index in [0.29, 0.717) is 0 Å². The molecule has 2 heteroatoms. The first-order valence-corrected chi connectivity index (χ1v) is 5.90. The fourth-order valence-corrected chi connectivity index (χ4v) is 1.75. The number of thiol groups is 1. The molecule has 1 nitrogen and oxygen atoms in total. The summed E-state index contributed by atoms with van der Waals surface area (Å²) in [7, 11) is 0. The first-order valence-electron chi connectivity index (χ1n) is 5.27. The van der Waals surface area contributed by atoms with Gasteiger partial charge in [-0.3, -0.25) is 4.98 Å². The third-order valence-corrected chi connectivity index (χ3v) is 2.71. The Bertz CT molecular complexity index is 564. The summed E-state index contributed by atoms with van der Waals surface area (Å²) < 4.78 is 0. The smallest absolute Gasteiger partial charge is 0.0743 e. The number of aromatic nitrogens is 1. The maximum atomic E-state index is 4.39. The molecule has 0 atom stereocenters. The van der Waals surface area contributed by atoms with Crippen molar-refractivity contribution in [1.82, 2.24) is 4.98 Å². The third kappa shape index (κ3) is 2.20. The van der Waals surface area contributed by atoms with Crippen LogP contribution in [0.3, 0.4) is 0 Å². The van der Waals surface area contributed by atoms with Crippen molar-refractivity contribution in [3.05, 3.63) is 41.6 Å². The van der Waals surface area contributed by atoms with Gasteiger partial charge in [-0.05, 0) is 24.6 Å². The van der Waals surface area contributed by atoms with Crippen molar-refractivity contribution in [3.63, 3.8) is 0 Å². The lowest BCUT2D eigenvalue weighted by Crippen LogP contribution is -1.87. The number of nitrogens with zero attached hydrogens (tertiary/aromatic N) is 1. The molecule has 0 fully saturated rings. The third-order valence-electron chi connectivity index (χ3n) is 2.49. The highest BCUT2D eigenvalue weighted by Crippen LogP contribution is 2.18. The molecular formula is C14H13NS. The molecule has 0 aliphatic rings. The van der Waals surface area contributed by atoms with E-state index in [9.17, 15) is 0 Å². The van der Waals surface area contributed by atoms with E-state index >= 15 is 0 Å². The molecule has 0 bridgehead atoms. The summed E-state index contributed by atoms with van der Waals surface area (Å²) in [5.41, 5.74) is 3.26. The van der Waals surface area contributed by atoms with Crippen LogP contribution in [0, 0.1) is 18.8 Å². The second-order valence-electron chi connectivity index (χ2n) is 3.59. The Morgan fingerprint density at radius 1 is 1.31 bits per heavy atom. The van der Waals surface area contributed by atoms with Gasteiger partial charge in [0.1, 0.15) is 0 Å². The van der Waals surface area contributed by atoms with E-state index in [1.807, 2.05) is 12.3 Å². The van der Waals surface area contributed by atoms with Gasteiger partial charge in [0.05, 0.1) is 5.52 Å². The van der Waals surface area contributed by atoms with E-state index < -0.39 is 0 Å². The molecule has 0 amide bonds. The van der Waals surface area contributed by atoms with Crippen molar-refractivity contribution in [1.29, 1.82) is 0 Å². The van der Waals surface area contributed by atoms with Gasteiger partial charge in [0.25, 0.3) is 0 Å². The van der Waals surface area contributed by atoms with Gasteiger partial charge >= 0.3 is 0 Å². The van der Waals surface area contributed by atoms with Crippen molar-refractivity contribution in [2.75, 3.05) is 5.75 Å². The van der Waals surface area contributed by atoms with E-state index in [-0.39, 0.29) is 0 Å². The van der Waals surface area contributed by atoms with Gasteiger partial charge in [0, 0.05) is 29.3 Å². The molecule has 1 aromatic heterocycles.